The predicted octanol–water partition coefficient (Wildman–Crippen LogP) is 5.03. The molecule has 0 aliphatic heterocycles. The maximum atomic E-state index is 13.1. The van der Waals surface area contributed by atoms with Crippen molar-refractivity contribution in [3.63, 3.8) is 0 Å². The Morgan fingerprint density at radius 1 is 0.952 bits per heavy atom. The summed E-state index contributed by atoms with van der Waals surface area (Å²) in [4.78, 5) is 10.4. The number of rotatable bonds is 7. The van der Waals surface area contributed by atoms with E-state index in [-0.39, 0.29) is 11.7 Å². The van der Waals surface area contributed by atoms with E-state index in [1.807, 2.05) is 12.1 Å². The highest BCUT2D eigenvalue weighted by Gasteiger charge is 2.14. The minimum absolute atomic E-state index is 0.206. The monoisotopic (exact) mass is 284 g/mol. The van der Waals surface area contributed by atoms with E-state index in [0.29, 0.717) is 6.42 Å². The highest BCUT2D eigenvalue weighted by Crippen LogP contribution is 2.30. The van der Waals surface area contributed by atoms with Crippen molar-refractivity contribution in [2.24, 2.45) is 0 Å². The highest BCUT2D eigenvalue weighted by atomic mass is 19.1. The normalized spacial score (nSPS) is 12.1. The Morgan fingerprint density at radius 2 is 1.52 bits per heavy atom. The fraction of sp³-hybridized carbons (Fsp3) is 0.316. The van der Waals surface area contributed by atoms with Gasteiger partial charge in [-0.15, -0.1) is 0 Å². The van der Waals surface area contributed by atoms with Crippen LogP contribution in [0.5, 0.6) is 0 Å². The lowest BCUT2D eigenvalue weighted by atomic mass is 9.86. The van der Waals surface area contributed by atoms with Crippen LogP contribution in [-0.4, -0.2) is 6.29 Å². The third-order valence-corrected chi connectivity index (χ3v) is 3.82. The molecule has 0 aliphatic rings. The molecule has 0 spiro atoms. The van der Waals surface area contributed by atoms with E-state index in [2.05, 4.69) is 31.2 Å². The Balaban J connectivity index is 2.18. The Bertz CT molecular complexity index is 512. The van der Waals surface area contributed by atoms with Gasteiger partial charge in [0.2, 0.25) is 0 Å². The molecule has 0 bridgehead atoms. The Morgan fingerprint density at radius 3 is 2.10 bits per heavy atom. The number of hydrogen-bond donors (Lipinski definition) is 0. The molecule has 1 atom stereocenters. The molecule has 0 amide bonds. The maximum absolute atomic E-state index is 13.1. The van der Waals surface area contributed by atoms with Crippen LogP contribution in [0, 0.1) is 12.7 Å². The van der Waals surface area contributed by atoms with Gasteiger partial charge in [-0.25, -0.2) is 4.39 Å². The fourth-order valence-corrected chi connectivity index (χ4v) is 2.60. The highest BCUT2D eigenvalue weighted by molar-refractivity contribution is 5.49. The quantitative estimate of drug-likeness (QED) is 0.515. The van der Waals surface area contributed by atoms with Crippen molar-refractivity contribution in [3.05, 3.63) is 71.0 Å². The van der Waals surface area contributed by atoms with E-state index in [1.54, 1.807) is 0 Å². The number of carbonyl (C=O) groups is 1. The number of unbranched alkanes of at least 4 members (excludes halogenated alkanes) is 2. The van der Waals surface area contributed by atoms with Gasteiger partial charge in [-0.2, -0.15) is 0 Å². The summed E-state index contributed by atoms with van der Waals surface area (Å²) in [6, 6.07) is 15.3. The maximum Gasteiger partial charge on any atom is 0.123 e. The minimum Gasteiger partial charge on any atom is -0.303 e. The number of aldehydes is 1. The molecule has 1 unspecified atom stereocenters. The number of aryl methyl sites for hydroxylation is 1. The molecule has 0 N–H and O–H groups in total. The fourth-order valence-electron chi connectivity index (χ4n) is 2.60. The Kier molecular flexibility index (Phi) is 5.68. The van der Waals surface area contributed by atoms with Gasteiger partial charge in [-0.3, -0.25) is 0 Å². The third kappa shape index (κ3) is 4.52. The summed E-state index contributed by atoms with van der Waals surface area (Å²) in [5.41, 5.74) is 3.61. The van der Waals surface area contributed by atoms with Crippen molar-refractivity contribution in [2.75, 3.05) is 0 Å². The number of benzene rings is 2. The zero-order chi connectivity index (χ0) is 15.1. The largest absolute Gasteiger partial charge is 0.303 e. The van der Waals surface area contributed by atoms with Crippen LogP contribution in [0.2, 0.25) is 0 Å². The molecule has 0 aromatic heterocycles. The van der Waals surface area contributed by atoms with Crippen LogP contribution in [0.4, 0.5) is 4.39 Å². The lowest BCUT2D eigenvalue weighted by Crippen LogP contribution is -2.02. The van der Waals surface area contributed by atoms with Gasteiger partial charge in [-0.1, -0.05) is 48.4 Å². The standard InChI is InChI=1S/C19H21FO/c1-15-6-8-16(9-7-15)19(5-3-2-4-14-21)17-10-12-18(20)13-11-17/h6-14,19H,2-5H2,1H3. The van der Waals surface area contributed by atoms with Crippen molar-refractivity contribution in [1.29, 1.82) is 0 Å². The molecule has 21 heavy (non-hydrogen) atoms. The zero-order valence-corrected chi connectivity index (χ0v) is 12.4. The molecule has 0 heterocycles. The van der Waals surface area contributed by atoms with E-state index in [1.165, 1.54) is 23.3 Å². The molecule has 0 aliphatic carbocycles. The van der Waals surface area contributed by atoms with E-state index in [4.69, 9.17) is 0 Å². The van der Waals surface area contributed by atoms with Crippen LogP contribution in [0.3, 0.4) is 0 Å². The molecular formula is C19H21FO. The predicted molar refractivity (Wildman–Crippen MR) is 84.0 cm³/mol. The average Bonchev–Trinajstić information content (AvgIpc) is 2.50. The Labute approximate surface area is 125 Å². The van der Waals surface area contributed by atoms with E-state index in [9.17, 15) is 9.18 Å². The summed E-state index contributed by atoms with van der Waals surface area (Å²) in [5, 5.41) is 0. The smallest absolute Gasteiger partial charge is 0.123 e. The molecule has 1 nitrogen and oxygen atoms in total. The summed E-state index contributed by atoms with van der Waals surface area (Å²) in [6.07, 6.45) is 4.47. The van der Waals surface area contributed by atoms with Gasteiger partial charge < -0.3 is 4.79 Å². The first-order valence-corrected chi connectivity index (χ1v) is 7.46. The average molecular weight is 284 g/mol. The van der Waals surface area contributed by atoms with Crippen molar-refractivity contribution in [1.82, 2.24) is 0 Å². The molecule has 2 rings (SSSR count). The van der Waals surface area contributed by atoms with Gasteiger partial charge in [0.05, 0.1) is 0 Å². The number of hydrogen-bond acceptors (Lipinski definition) is 1. The van der Waals surface area contributed by atoms with Crippen molar-refractivity contribution >= 4 is 6.29 Å². The van der Waals surface area contributed by atoms with Crippen LogP contribution >= 0.6 is 0 Å². The molecule has 0 fully saturated rings. The zero-order valence-electron chi connectivity index (χ0n) is 12.4. The molecule has 0 saturated carbocycles. The summed E-state index contributed by atoms with van der Waals surface area (Å²) >= 11 is 0. The van der Waals surface area contributed by atoms with Gasteiger partial charge in [0.1, 0.15) is 12.1 Å². The first-order valence-electron chi connectivity index (χ1n) is 7.46. The first-order chi connectivity index (χ1) is 10.2. The van der Waals surface area contributed by atoms with Gasteiger partial charge >= 0.3 is 0 Å². The van der Waals surface area contributed by atoms with Crippen molar-refractivity contribution in [3.8, 4) is 0 Å². The van der Waals surface area contributed by atoms with Crippen molar-refractivity contribution < 1.29 is 9.18 Å². The molecule has 2 aromatic rings. The second-order valence-electron chi connectivity index (χ2n) is 5.47. The molecule has 2 aromatic carbocycles. The molecule has 110 valence electrons. The van der Waals surface area contributed by atoms with Crippen molar-refractivity contribution in [2.45, 2.75) is 38.5 Å². The number of carbonyl (C=O) groups excluding carboxylic acids is 1. The molecular weight excluding hydrogens is 263 g/mol. The van der Waals surface area contributed by atoms with Crippen LogP contribution in [-0.2, 0) is 4.79 Å². The van der Waals surface area contributed by atoms with Gasteiger partial charge in [0, 0.05) is 12.3 Å². The van der Waals surface area contributed by atoms with Crippen LogP contribution in [0.15, 0.2) is 48.5 Å². The SMILES string of the molecule is Cc1ccc(C(CCCCC=O)c2ccc(F)cc2)cc1. The summed E-state index contributed by atoms with van der Waals surface area (Å²) in [7, 11) is 0. The number of halogens is 1. The van der Waals surface area contributed by atoms with E-state index >= 15 is 0 Å². The first kappa shape index (κ1) is 15.4. The van der Waals surface area contributed by atoms with E-state index in [0.717, 1.165) is 31.1 Å². The second-order valence-corrected chi connectivity index (χ2v) is 5.47. The molecule has 0 radical (unpaired) electrons. The lowest BCUT2D eigenvalue weighted by molar-refractivity contribution is -0.107. The van der Waals surface area contributed by atoms with Gasteiger partial charge in [-0.05, 0) is 43.0 Å². The third-order valence-electron chi connectivity index (χ3n) is 3.82. The molecule has 0 saturated heterocycles. The van der Waals surface area contributed by atoms with Crippen LogP contribution < -0.4 is 0 Å². The summed E-state index contributed by atoms with van der Waals surface area (Å²) in [5.74, 6) is 0.0558. The van der Waals surface area contributed by atoms with Crippen LogP contribution in [0.25, 0.3) is 0 Å². The summed E-state index contributed by atoms with van der Waals surface area (Å²) in [6.45, 7) is 2.07. The second kappa shape index (κ2) is 7.72. The minimum atomic E-state index is -0.206. The molecule has 2 heteroatoms. The lowest BCUT2D eigenvalue weighted by Gasteiger charge is -2.18. The summed E-state index contributed by atoms with van der Waals surface area (Å²) < 4.78 is 13.1. The Hall–Kier alpha value is -1.96. The van der Waals surface area contributed by atoms with Gasteiger partial charge in [0.15, 0.2) is 0 Å². The van der Waals surface area contributed by atoms with Crippen LogP contribution in [0.1, 0.15) is 48.3 Å². The topological polar surface area (TPSA) is 17.1 Å². The van der Waals surface area contributed by atoms with Gasteiger partial charge in [0.25, 0.3) is 0 Å². The van der Waals surface area contributed by atoms with E-state index < -0.39 is 0 Å².